The van der Waals surface area contributed by atoms with Crippen molar-refractivity contribution in [3.63, 3.8) is 0 Å². The van der Waals surface area contributed by atoms with Crippen LogP contribution in [0, 0.1) is 11.8 Å². The van der Waals surface area contributed by atoms with Crippen LogP contribution < -0.4 is 5.32 Å². The number of nitrogens with zero attached hydrogens (tertiary/aromatic N) is 5. The fraction of sp³-hybridized carbons (Fsp3) is 0.824. The van der Waals surface area contributed by atoms with Crippen LogP contribution in [0.2, 0.25) is 0 Å². The maximum Gasteiger partial charge on any atom is 0.194 e. The molecule has 136 valence electrons. The highest BCUT2D eigenvalue weighted by molar-refractivity contribution is 14.0. The zero-order valence-electron chi connectivity index (χ0n) is 15.2. The number of aryl methyl sites for hydroxylation is 1. The molecule has 2 unspecified atom stereocenters. The van der Waals surface area contributed by atoms with Crippen LogP contribution in [0.5, 0.6) is 0 Å². The quantitative estimate of drug-likeness (QED) is 0.441. The molecule has 6 nitrogen and oxygen atoms in total. The lowest BCUT2D eigenvalue weighted by molar-refractivity contribution is 0.208. The van der Waals surface area contributed by atoms with Crippen molar-refractivity contribution < 1.29 is 0 Å². The highest BCUT2D eigenvalue weighted by Crippen LogP contribution is 2.21. The molecule has 0 aliphatic carbocycles. The molecule has 1 N–H and O–H groups in total. The minimum absolute atomic E-state index is 0. The molecule has 0 radical (unpaired) electrons. The predicted molar refractivity (Wildman–Crippen MR) is 108 cm³/mol. The van der Waals surface area contributed by atoms with Crippen molar-refractivity contribution in [2.24, 2.45) is 16.8 Å². The molecule has 1 aromatic rings. The van der Waals surface area contributed by atoms with E-state index in [1.54, 1.807) is 0 Å². The highest BCUT2D eigenvalue weighted by atomic mass is 127. The van der Waals surface area contributed by atoms with Gasteiger partial charge in [0.15, 0.2) is 11.8 Å². The zero-order valence-corrected chi connectivity index (χ0v) is 17.5. The number of hydrogen-bond acceptors (Lipinski definition) is 3. The Morgan fingerprint density at radius 3 is 2.67 bits per heavy atom. The second-order valence-electron chi connectivity index (χ2n) is 7.16. The minimum Gasteiger partial charge on any atom is -0.357 e. The first kappa shape index (κ1) is 19.5. The monoisotopic (exact) mass is 446 g/mol. The minimum atomic E-state index is 0. The first-order valence-corrected chi connectivity index (χ1v) is 9.11. The summed E-state index contributed by atoms with van der Waals surface area (Å²) in [5.41, 5.74) is 0. The van der Waals surface area contributed by atoms with E-state index in [1.807, 2.05) is 0 Å². The molecular formula is C17H31IN6. The molecule has 2 aliphatic rings. The summed E-state index contributed by atoms with van der Waals surface area (Å²) >= 11 is 0. The Morgan fingerprint density at radius 1 is 1.21 bits per heavy atom. The molecule has 0 spiro atoms. The van der Waals surface area contributed by atoms with Crippen LogP contribution in [0.3, 0.4) is 0 Å². The van der Waals surface area contributed by atoms with Gasteiger partial charge in [-0.3, -0.25) is 0 Å². The molecule has 1 saturated heterocycles. The number of aromatic nitrogens is 3. The van der Waals surface area contributed by atoms with Crippen LogP contribution in [0.1, 0.15) is 51.7 Å². The van der Waals surface area contributed by atoms with Gasteiger partial charge < -0.3 is 14.8 Å². The fourth-order valence-electron chi connectivity index (χ4n) is 3.89. The largest absolute Gasteiger partial charge is 0.357 e. The molecule has 7 heteroatoms. The number of likely N-dealkylation sites (tertiary alicyclic amines) is 1. The summed E-state index contributed by atoms with van der Waals surface area (Å²) in [6.45, 7) is 11.5. The maximum atomic E-state index is 4.86. The van der Waals surface area contributed by atoms with Crippen LogP contribution in [-0.4, -0.2) is 45.3 Å². The number of halogens is 1. The van der Waals surface area contributed by atoms with Crippen LogP contribution in [-0.2, 0) is 19.5 Å². The molecule has 0 saturated carbocycles. The zero-order chi connectivity index (χ0) is 16.2. The third-order valence-corrected chi connectivity index (χ3v) is 4.81. The fourth-order valence-corrected chi connectivity index (χ4v) is 3.89. The van der Waals surface area contributed by atoms with Crippen LogP contribution in [0.25, 0.3) is 0 Å². The molecule has 0 bridgehead atoms. The van der Waals surface area contributed by atoms with Gasteiger partial charge in [0.1, 0.15) is 12.4 Å². The highest BCUT2D eigenvalue weighted by Gasteiger charge is 2.24. The van der Waals surface area contributed by atoms with Gasteiger partial charge >= 0.3 is 0 Å². The SMILES string of the molecule is CCNC(=NCc1nnc2n1CCCC2)N1CC(C)CC(C)C1.I. The van der Waals surface area contributed by atoms with Gasteiger partial charge in [-0.25, -0.2) is 4.99 Å². The summed E-state index contributed by atoms with van der Waals surface area (Å²) in [7, 11) is 0. The van der Waals surface area contributed by atoms with E-state index in [0.717, 1.165) is 62.0 Å². The first-order chi connectivity index (χ1) is 11.2. The average Bonchev–Trinajstić information content (AvgIpc) is 2.94. The van der Waals surface area contributed by atoms with Gasteiger partial charge in [0, 0.05) is 32.6 Å². The van der Waals surface area contributed by atoms with Crippen molar-refractivity contribution in [2.75, 3.05) is 19.6 Å². The normalized spacial score (nSPS) is 24.3. The van der Waals surface area contributed by atoms with E-state index in [0.29, 0.717) is 6.54 Å². The van der Waals surface area contributed by atoms with Crippen LogP contribution >= 0.6 is 24.0 Å². The van der Waals surface area contributed by atoms with E-state index in [9.17, 15) is 0 Å². The molecule has 3 heterocycles. The smallest absolute Gasteiger partial charge is 0.194 e. The van der Waals surface area contributed by atoms with Gasteiger partial charge in [-0.1, -0.05) is 13.8 Å². The number of piperidine rings is 1. The van der Waals surface area contributed by atoms with Gasteiger partial charge in [0.25, 0.3) is 0 Å². The number of rotatable bonds is 3. The summed E-state index contributed by atoms with van der Waals surface area (Å²) in [5, 5.41) is 12.1. The topological polar surface area (TPSA) is 58.3 Å². The van der Waals surface area contributed by atoms with Crippen LogP contribution in [0.15, 0.2) is 4.99 Å². The molecule has 24 heavy (non-hydrogen) atoms. The van der Waals surface area contributed by atoms with E-state index in [1.165, 1.54) is 19.3 Å². The van der Waals surface area contributed by atoms with E-state index >= 15 is 0 Å². The summed E-state index contributed by atoms with van der Waals surface area (Å²) in [5.74, 6) is 4.62. The second kappa shape index (κ2) is 9.01. The third kappa shape index (κ3) is 4.61. The lowest BCUT2D eigenvalue weighted by atomic mass is 9.92. The Labute approximate surface area is 162 Å². The standard InChI is InChI=1S/C17H30N6.HI/c1-4-18-17(22-11-13(2)9-14(3)12-22)19-10-16-21-20-15-7-5-6-8-23(15)16;/h13-14H,4-12H2,1-3H3,(H,18,19);1H. The summed E-state index contributed by atoms with van der Waals surface area (Å²) < 4.78 is 2.26. The molecular weight excluding hydrogens is 415 g/mol. The average molecular weight is 446 g/mol. The summed E-state index contributed by atoms with van der Waals surface area (Å²) in [6.07, 6.45) is 4.82. The second-order valence-corrected chi connectivity index (χ2v) is 7.16. The number of nitrogens with one attached hydrogen (secondary N) is 1. The Kier molecular flexibility index (Phi) is 7.31. The van der Waals surface area contributed by atoms with Crippen molar-refractivity contribution in [3.8, 4) is 0 Å². The first-order valence-electron chi connectivity index (χ1n) is 9.11. The Balaban J connectivity index is 0.00000208. The van der Waals surface area contributed by atoms with E-state index in [2.05, 4.69) is 45.8 Å². The Bertz CT molecular complexity index is 545. The van der Waals surface area contributed by atoms with Gasteiger partial charge in [-0.15, -0.1) is 34.2 Å². The molecule has 2 aliphatic heterocycles. The van der Waals surface area contributed by atoms with E-state index in [-0.39, 0.29) is 24.0 Å². The predicted octanol–water partition coefficient (Wildman–Crippen LogP) is 2.68. The Morgan fingerprint density at radius 2 is 1.96 bits per heavy atom. The van der Waals surface area contributed by atoms with Crippen LogP contribution in [0.4, 0.5) is 0 Å². The number of hydrogen-bond donors (Lipinski definition) is 1. The van der Waals surface area contributed by atoms with E-state index < -0.39 is 0 Å². The number of guanidine groups is 1. The summed E-state index contributed by atoms with van der Waals surface area (Å²) in [6, 6.07) is 0. The maximum absolute atomic E-state index is 4.86. The van der Waals surface area contributed by atoms with Gasteiger partial charge in [0.05, 0.1) is 0 Å². The van der Waals surface area contributed by atoms with E-state index in [4.69, 9.17) is 4.99 Å². The van der Waals surface area contributed by atoms with Gasteiger partial charge in [0.2, 0.25) is 0 Å². The number of aliphatic imine (C=N–C) groups is 1. The lowest BCUT2D eigenvalue weighted by Crippen LogP contribution is -2.48. The third-order valence-electron chi connectivity index (χ3n) is 4.81. The molecule has 3 rings (SSSR count). The van der Waals surface area contributed by atoms with Crippen molar-refractivity contribution in [2.45, 2.75) is 59.5 Å². The molecule has 1 fully saturated rings. The Hall–Kier alpha value is -0.860. The summed E-state index contributed by atoms with van der Waals surface area (Å²) in [4.78, 5) is 7.28. The van der Waals surface area contributed by atoms with Crippen molar-refractivity contribution in [1.29, 1.82) is 0 Å². The lowest BCUT2D eigenvalue weighted by Gasteiger charge is -2.37. The van der Waals surface area contributed by atoms with Crippen molar-refractivity contribution >= 4 is 29.9 Å². The molecule has 2 atom stereocenters. The molecule has 0 amide bonds. The molecule has 0 aromatic carbocycles. The van der Waals surface area contributed by atoms with Gasteiger partial charge in [-0.2, -0.15) is 0 Å². The number of fused-ring (bicyclic) bond motifs is 1. The van der Waals surface area contributed by atoms with Crippen molar-refractivity contribution in [1.82, 2.24) is 25.0 Å². The molecule has 1 aromatic heterocycles. The van der Waals surface area contributed by atoms with Crippen molar-refractivity contribution in [3.05, 3.63) is 11.6 Å². The van der Waals surface area contributed by atoms with Gasteiger partial charge in [-0.05, 0) is 38.0 Å².